The molecule has 1 heterocycles. The van der Waals surface area contributed by atoms with E-state index in [0.29, 0.717) is 6.61 Å². The molecule has 4 heteroatoms. The summed E-state index contributed by atoms with van der Waals surface area (Å²) in [5.74, 6) is 6.54. The van der Waals surface area contributed by atoms with Crippen LogP contribution in [0.15, 0.2) is 48.8 Å². The Morgan fingerprint density at radius 3 is 2.74 bits per heavy atom. The molecule has 1 aromatic carbocycles. The summed E-state index contributed by atoms with van der Waals surface area (Å²) in [5, 5.41) is 0. The lowest BCUT2D eigenvalue weighted by Crippen LogP contribution is -2.29. The van der Waals surface area contributed by atoms with Crippen LogP contribution in [-0.4, -0.2) is 11.6 Å². The summed E-state index contributed by atoms with van der Waals surface area (Å²) in [6.07, 6.45) is 4.40. The highest BCUT2D eigenvalue weighted by Crippen LogP contribution is 2.21. The van der Waals surface area contributed by atoms with Gasteiger partial charge in [-0.05, 0) is 48.7 Å². The van der Waals surface area contributed by atoms with Crippen molar-refractivity contribution in [3.8, 4) is 5.75 Å². The summed E-state index contributed by atoms with van der Waals surface area (Å²) >= 11 is 0. The Kier molecular flexibility index (Phi) is 4.89. The van der Waals surface area contributed by atoms with Crippen LogP contribution in [0.4, 0.5) is 0 Å². The van der Waals surface area contributed by atoms with Gasteiger partial charge in [0.1, 0.15) is 5.75 Å². The smallest absolute Gasteiger partial charge is 0.119 e. The Balaban J connectivity index is 2.15. The molecule has 2 rings (SSSR count). The van der Waals surface area contributed by atoms with Gasteiger partial charge in [0.15, 0.2) is 0 Å². The van der Waals surface area contributed by atoms with Gasteiger partial charge in [-0.2, -0.15) is 0 Å². The lowest BCUT2D eigenvalue weighted by molar-refractivity contribution is 0.339. The van der Waals surface area contributed by atoms with Crippen LogP contribution in [0.2, 0.25) is 0 Å². The number of hydrogen-bond acceptors (Lipinski definition) is 4. The number of ether oxygens (including phenoxy) is 1. The second kappa shape index (κ2) is 6.87. The average molecular weight is 257 g/mol. The average Bonchev–Trinajstić information content (AvgIpc) is 2.46. The van der Waals surface area contributed by atoms with E-state index in [1.54, 1.807) is 12.4 Å². The van der Waals surface area contributed by atoms with Crippen LogP contribution in [0.3, 0.4) is 0 Å². The van der Waals surface area contributed by atoms with Crippen LogP contribution < -0.4 is 16.0 Å². The van der Waals surface area contributed by atoms with Gasteiger partial charge in [0.2, 0.25) is 0 Å². The lowest BCUT2D eigenvalue weighted by Gasteiger charge is -2.17. The first kappa shape index (κ1) is 13.5. The topological polar surface area (TPSA) is 60.2 Å². The van der Waals surface area contributed by atoms with Crippen molar-refractivity contribution in [1.29, 1.82) is 0 Å². The van der Waals surface area contributed by atoms with Crippen LogP contribution in [0.1, 0.15) is 24.1 Å². The zero-order chi connectivity index (χ0) is 13.5. The third kappa shape index (κ3) is 3.77. The third-order valence-electron chi connectivity index (χ3n) is 2.96. The maximum atomic E-state index is 5.67. The fourth-order valence-corrected chi connectivity index (χ4v) is 2.02. The number of nitrogens with zero attached hydrogens (tertiary/aromatic N) is 1. The van der Waals surface area contributed by atoms with Gasteiger partial charge in [0.25, 0.3) is 0 Å². The van der Waals surface area contributed by atoms with Gasteiger partial charge in [0.05, 0.1) is 12.6 Å². The normalized spacial score (nSPS) is 12.1. The Bertz CT molecular complexity index is 502. The minimum absolute atomic E-state index is 0.0582. The van der Waals surface area contributed by atoms with Crippen molar-refractivity contribution in [3.63, 3.8) is 0 Å². The number of hydrogen-bond donors (Lipinski definition) is 2. The zero-order valence-corrected chi connectivity index (χ0v) is 11.0. The maximum absolute atomic E-state index is 5.67. The van der Waals surface area contributed by atoms with Gasteiger partial charge < -0.3 is 4.74 Å². The van der Waals surface area contributed by atoms with Gasteiger partial charge in [-0.1, -0.05) is 12.1 Å². The van der Waals surface area contributed by atoms with E-state index in [9.17, 15) is 0 Å². The van der Waals surface area contributed by atoms with E-state index < -0.39 is 0 Å². The number of nitrogens with one attached hydrogen (secondary N) is 1. The van der Waals surface area contributed by atoms with Crippen LogP contribution in [0.5, 0.6) is 5.75 Å². The predicted molar refractivity (Wildman–Crippen MR) is 75.6 cm³/mol. The monoisotopic (exact) mass is 257 g/mol. The molecule has 0 fully saturated rings. The summed E-state index contributed by atoms with van der Waals surface area (Å²) in [5.41, 5.74) is 5.17. The molecule has 2 aromatic rings. The van der Waals surface area contributed by atoms with Gasteiger partial charge in [0, 0.05) is 12.4 Å². The third-order valence-corrected chi connectivity index (χ3v) is 2.96. The number of rotatable bonds is 6. The molecule has 0 aliphatic rings. The fraction of sp³-hybridized carbons (Fsp3) is 0.267. The molecule has 1 unspecified atom stereocenters. The highest BCUT2D eigenvalue weighted by Gasteiger charge is 2.11. The second-order valence-electron chi connectivity index (χ2n) is 4.28. The van der Waals surface area contributed by atoms with E-state index in [-0.39, 0.29) is 6.04 Å². The number of aromatic nitrogens is 1. The minimum atomic E-state index is 0.0582. The first-order valence-corrected chi connectivity index (χ1v) is 6.41. The van der Waals surface area contributed by atoms with Crippen molar-refractivity contribution in [1.82, 2.24) is 10.4 Å². The molecule has 3 N–H and O–H groups in total. The minimum Gasteiger partial charge on any atom is -0.494 e. The molecular weight excluding hydrogens is 238 g/mol. The molecule has 0 amide bonds. The summed E-state index contributed by atoms with van der Waals surface area (Å²) < 4.78 is 5.51. The Hall–Kier alpha value is -1.91. The van der Waals surface area contributed by atoms with Crippen molar-refractivity contribution in [2.24, 2.45) is 5.84 Å². The summed E-state index contributed by atoms with van der Waals surface area (Å²) in [6.45, 7) is 2.64. The SMILES string of the molecule is CCOc1cccc(C(Cc2ccncc2)NN)c1. The molecule has 1 atom stereocenters. The van der Waals surface area contributed by atoms with Crippen LogP contribution in [0.25, 0.3) is 0 Å². The van der Waals surface area contributed by atoms with E-state index in [1.165, 1.54) is 5.56 Å². The maximum Gasteiger partial charge on any atom is 0.119 e. The first-order chi connectivity index (χ1) is 9.33. The molecule has 19 heavy (non-hydrogen) atoms. The number of pyridine rings is 1. The molecule has 0 bridgehead atoms. The van der Waals surface area contributed by atoms with Crippen molar-refractivity contribution >= 4 is 0 Å². The highest BCUT2D eigenvalue weighted by atomic mass is 16.5. The molecule has 100 valence electrons. The van der Waals surface area contributed by atoms with Gasteiger partial charge in [-0.15, -0.1) is 0 Å². The fourth-order valence-electron chi connectivity index (χ4n) is 2.02. The largest absolute Gasteiger partial charge is 0.494 e. The molecule has 0 radical (unpaired) electrons. The molecule has 1 aromatic heterocycles. The molecule has 4 nitrogen and oxygen atoms in total. The molecular formula is C15H19N3O. The van der Waals surface area contributed by atoms with Crippen molar-refractivity contribution in [2.45, 2.75) is 19.4 Å². The molecule has 0 saturated heterocycles. The van der Waals surface area contributed by atoms with Crippen molar-refractivity contribution < 1.29 is 4.74 Å². The van der Waals surface area contributed by atoms with E-state index in [4.69, 9.17) is 10.6 Å². The lowest BCUT2D eigenvalue weighted by atomic mass is 10.00. The van der Waals surface area contributed by atoms with Crippen molar-refractivity contribution in [2.75, 3.05) is 6.61 Å². The van der Waals surface area contributed by atoms with Crippen LogP contribution in [-0.2, 0) is 6.42 Å². The molecule has 0 aliphatic carbocycles. The van der Waals surface area contributed by atoms with E-state index >= 15 is 0 Å². The molecule has 0 saturated carbocycles. The second-order valence-corrected chi connectivity index (χ2v) is 4.28. The number of nitrogens with two attached hydrogens (primary N) is 1. The van der Waals surface area contributed by atoms with Gasteiger partial charge >= 0.3 is 0 Å². The van der Waals surface area contributed by atoms with Crippen LogP contribution in [0, 0.1) is 0 Å². The summed E-state index contributed by atoms with van der Waals surface area (Å²) in [4.78, 5) is 4.02. The Morgan fingerprint density at radius 1 is 1.26 bits per heavy atom. The molecule has 0 aliphatic heterocycles. The number of hydrazine groups is 1. The van der Waals surface area contributed by atoms with Crippen molar-refractivity contribution in [3.05, 3.63) is 59.9 Å². The standard InChI is InChI=1S/C15H19N3O/c1-2-19-14-5-3-4-13(11-14)15(18-16)10-12-6-8-17-9-7-12/h3-9,11,15,18H,2,10,16H2,1H3. The molecule has 0 spiro atoms. The Morgan fingerprint density at radius 2 is 2.05 bits per heavy atom. The number of benzene rings is 1. The Labute approximate surface area is 113 Å². The van der Waals surface area contributed by atoms with Gasteiger partial charge in [-0.3, -0.25) is 16.3 Å². The predicted octanol–water partition coefficient (Wildman–Crippen LogP) is 2.23. The highest BCUT2D eigenvalue weighted by molar-refractivity contribution is 5.31. The van der Waals surface area contributed by atoms with Crippen LogP contribution >= 0.6 is 0 Å². The first-order valence-electron chi connectivity index (χ1n) is 6.41. The van der Waals surface area contributed by atoms with E-state index in [2.05, 4.69) is 10.4 Å². The zero-order valence-electron chi connectivity index (χ0n) is 11.0. The van der Waals surface area contributed by atoms with Gasteiger partial charge in [-0.25, -0.2) is 0 Å². The quantitative estimate of drug-likeness (QED) is 0.615. The summed E-state index contributed by atoms with van der Waals surface area (Å²) in [6, 6.07) is 12.1. The summed E-state index contributed by atoms with van der Waals surface area (Å²) in [7, 11) is 0. The van der Waals surface area contributed by atoms with E-state index in [0.717, 1.165) is 17.7 Å². The van der Waals surface area contributed by atoms with E-state index in [1.807, 2.05) is 43.3 Å².